The largest absolute Gasteiger partial charge is 0.452 e. The van der Waals surface area contributed by atoms with Gasteiger partial charge in [0.1, 0.15) is 5.56 Å². The van der Waals surface area contributed by atoms with Crippen molar-refractivity contribution in [2.75, 3.05) is 6.61 Å². The molecule has 0 aliphatic heterocycles. The number of nitrogens with zero attached hydrogens (tertiary/aromatic N) is 1. The minimum Gasteiger partial charge on any atom is -0.452 e. The normalized spacial score (nSPS) is 10.8. The Labute approximate surface area is 122 Å². The molecule has 0 aliphatic carbocycles. The molecule has 0 saturated heterocycles. The van der Waals surface area contributed by atoms with Crippen molar-refractivity contribution in [2.24, 2.45) is 0 Å². The number of nitro benzene ring substituents is 1. The van der Waals surface area contributed by atoms with Gasteiger partial charge in [0.15, 0.2) is 6.61 Å². The van der Waals surface area contributed by atoms with E-state index in [1.54, 1.807) is 0 Å². The van der Waals surface area contributed by atoms with Crippen LogP contribution >= 0.6 is 0 Å². The van der Waals surface area contributed by atoms with Gasteiger partial charge in [0, 0.05) is 11.6 Å². The van der Waals surface area contributed by atoms with E-state index in [9.17, 15) is 19.7 Å². The van der Waals surface area contributed by atoms with Crippen molar-refractivity contribution in [1.29, 1.82) is 0 Å². The van der Waals surface area contributed by atoms with Crippen LogP contribution in [0.5, 0.6) is 0 Å². The Hall–Kier alpha value is -2.44. The molecule has 0 bridgehead atoms. The van der Waals surface area contributed by atoms with Crippen LogP contribution in [0.1, 0.15) is 37.6 Å². The molecule has 0 atom stereocenters. The van der Waals surface area contributed by atoms with Crippen LogP contribution < -0.4 is 5.32 Å². The van der Waals surface area contributed by atoms with E-state index in [-0.39, 0.29) is 11.3 Å². The fourth-order valence-corrected chi connectivity index (χ4v) is 1.52. The summed E-state index contributed by atoms with van der Waals surface area (Å²) in [5.74, 6) is -1.35. The first-order valence-corrected chi connectivity index (χ1v) is 6.48. The molecular formula is C14H18N2O5. The molecule has 0 heterocycles. The van der Waals surface area contributed by atoms with Crippen LogP contribution in [-0.4, -0.2) is 28.9 Å². The number of carbonyl (C=O) groups excluding carboxylic acids is 2. The Balaban J connectivity index is 2.67. The van der Waals surface area contributed by atoms with Gasteiger partial charge in [0.05, 0.1) is 4.92 Å². The first kappa shape index (κ1) is 16.6. The van der Waals surface area contributed by atoms with Crippen LogP contribution in [0.4, 0.5) is 5.69 Å². The maximum atomic E-state index is 11.8. The van der Waals surface area contributed by atoms with E-state index in [1.165, 1.54) is 24.3 Å². The third-order valence-corrected chi connectivity index (χ3v) is 3.02. The van der Waals surface area contributed by atoms with Crippen LogP contribution in [0, 0.1) is 10.1 Å². The predicted molar refractivity (Wildman–Crippen MR) is 75.9 cm³/mol. The number of para-hydroxylation sites is 1. The Morgan fingerprint density at radius 1 is 1.33 bits per heavy atom. The number of hydrogen-bond donors (Lipinski definition) is 1. The van der Waals surface area contributed by atoms with Crippen LogP contribution in [-0.2, 0) is 9.53 Å². The van der Waals surface area contributed by atoms with E-state index < -0.39 is 28.9 Å². The van der Waals surface area contributed by atoms with Crippen molar-refractivity contribution < 1.29 is 19.2 Å². The zero-order chi connectivity index (χ0) is 16.0. The van der Waals surface area contributed by atoms with Gasteiger partial charge in [0.25, 0.3) is 11.6 Å². The molecule has 21 heavy (non-hydrogen) atoms. The Bertz CT molecular complexity index is 554. The molecule has 114 valence electrons. The van der Waals surface area contributed by atoms with E-state index in [1.807, 2.05) is 20.8 Å². The second kappa shape index (κ2) is 6.83. The van der Waals surface area contributed by atoms with E-state index in [0.717, 1.165) is 6.42 Å². The van der Waals surface area contributed by atoms with E-state index >= 15 is 0 Å². The highest BCUT2D eigenvalue weighted by atomic mass is 16.6. The van der Waals surface area contributed by atoms with E-state index in [4.69, 9.17) is 4.74 Å². The third kappa shape index (κ3) is 4.87. The summed E-state index contributed by atoms with van der Waals surface area (Å²) in [6, 6.07) is 5.43. The molecule has 1 rings (SSSR count). The van der Waals surface area contributed by atoms with Gasteiger partial charge in [-0.3, -0.25) is 14.9 Å². The van der Waals surface area contributed by atoms with Crippen molar-refractivity contribution >= 4 is 17.6 Å². The lowest BCUT2D eigenvalue weighted by molar-refractivity contribution is -0.385. The quantitative estimate of drug-likeness (QED) is 0.492. The summed E-state index contributed by atoms with van der Waals surface area (Å²) >= 11 is 0. The maximum absolute atomic E-state index is 11.8. The first-order chi connectivity index (χ1) is 9.76. The maximum Gasteiger partial charge on any atom is 0.345 e. The van der Waals surface area contributed by atoms with Crippen LogP contribution in [0.15, 0.2) is 24.3 Å². The fraction of sp³-hybridized carbons (Fsp3) is 0.429. The van der Waals surface area contributed by atoms with Crippen LogP contribution in [0.25, 0.3) is 0 Å². The molecule has 0 aliphatic rings. The molecule has 7 heteroatoms. The van der Waals surface area contributed by atoms with Crippen LogP contribution in [0.3, 0.4) is 0 Å². The number of benzene rings is 1. The van der Waals surface area contributed by atoms with Gasteiger partial charge in [-0.15, -0.1) is 0 Å². The summed E-state index contributed by atoms with van der Waals surface area (Å²) in [5, 5.41) is 13.5. The van der Waals surface area contributed by atoms with Crippen molar-refractivity contribution in [2.45, 2.75) is 32.7 Å². The van der Waals surface area contributed by atoms with Gasteiger partial charge in [-0.05, 0) is 26.3 Å². The second-order valence-corrected chi connectivity index (χ2v) is 5.14. The second-order valence-electron chi connectivity index (χ2n) is 5.14. The molecule has 1 N–H and O–H groups in total. The van der Waals surface area contributed by atoms with E-state index in [0.29, 0.717) is 0 Å². The highest BCUT2D eigenvalue weighted by Gasteiger charge is 2.22. The summed E-state index contributed by atoms with van der Waals surface area (Å²) in [4.78, 5) is 33.6. The number of amides is 1. The fourth-order valence-electron chi connectivity index (χ4n) is 1.52. The minimum absolute atomic E-state index is 0.176. The zero-order valence-electron chi connectivity index (χ0n) is 12.2. The summed E-state index contributed by atoms with van der Waals surface area (Å²) < 4.78 is 4.82. The van der Waals surface area contributed by atoms with Crippen molar-refractivity contribution in [1.82, 2.24) is 5.32 Å². The number of nitro groups is 1. The summed E-state index contributed by atoms with van der Waals surface area (Å²) in [5.41, 5.74) is -0.927. The molecule has 0 spiro atoms. The average molecular weight is 294 g/mol. The monoisotopic (exact) mass is 294 g/mol. The molecule has 0 saturated carbocycles. The lowest BCUT2D eigenvalue weighted by Crippen LogP contribution is -2.44. The standard InChI is InChI=1S/C14H18N2O5/c1-4-14(2,3)15-12(17)9-21-13(18)10-7-5-6-8-11(10)16(19)20/h5-8H,4,9H2,1-3H3,(H,15,17). The number of nitrogens with one attached hydrogen (secondary N) is 1. The van der Waals surface area contributed by atoms with Gasteiger partial charge >= 0.3 is 5.97 Å². The predicted octanol–water partition coefficient (Wildman–Crippen LogP) is 2.06. The smallest absolute Gasteiger partial charge is 0.345 e. The van der Waals surface area contributed by atoms with Gasteiger partial charge in [-0.1, -0.05) is 19.1 Å². The molecule has 7 nitrogen and oxygen atoms in total. The lowest BCUT2D eigenvalue weighted by Gasteiger charge is -2.24. The highest BCUT2D eigenvalue weighted by Crippen LogP contribution is 2.18. The van der Waals surface area contributed by atoms with Crippen molar-refractivity contribution in [3.05, 3.63) is 39.9 Å². The molecule has 0 aromatic heterocycles. The number of rotatable bonds is 6. The molecule has 0 radical (unpaired) electrons. The molecule has 0 unspecified atom stereocenters. The number of esters is 1. The third-order valence-electron chi connectivity index (χ3n) is 3.02. The topological polar surface area (TPSA) is 98.5 Å². The summed E-state index contributed by atoms with van der Waals surface area (Å²) in [7, 11) is 0. The van der Waals surface area contributed by atoms with Gasteiger partial charge in [-0.25, -0.2) is 4.79 Å². The minimum atomic E-state index is -0.897. The molecular weight excluding hydrogens is 276 g/mol. The average Bonchev–Trinajstić information content (AvgIpc) is 2.44. The van der Waals surface area contributed by atoms with Crippen molar-refractivity contribution in [3.8, 4) is 0 Å². The van der Waals surface area contributed by atoms with Crippen LogP contribution in [0.2, 0.25) is 0 Å². The summed E-state index contributed by atoms with van der Waals surface area (Å²) in [6.45, 7) is 5.12. The molecule has 1 aromatic rings. The summed E-state index contributed by atoms with van der Waals surface area (Å²) in [6.07, 6.45) is 0.719. The molecule has 1 amide bonds. The van der Waals surface area contributed by atoms with Gasteiger partial charge in [-0.2, -0.15) is 0 Å². The van der Waals surface area contributed by atoms with E-state index in [2.05, 4.69) is 5.32 Å². The Kier molecular flexibility index (Phi) is 5.40. The first-order valence-electron chi connectivity index (χ1n) is 6.48. The number of hydrogen-bond acceptors (Lipinski definition) is 5. The zero-order valence-corrected chi connectivity index (χ0v) is 12.2. The number of carbonyl (C=O) groups is 2. The molecule has 1 aromatic carbocycles. The van der Waals surface area contributed by atoms with Gasteiger partial charge < -0.3 is 10.1 Å². The van der Waals surface area contributed by atoms with Gasteiger partial charge in [0.2, 0.25) is 0 Å². The Morgan fingerprint density at radius 2 is 1.95 bits per heavy atom. The number of ether oxygens (including phenoxy) is 1. The molecule has 0 fully saturated rings. The SMILES string of the molecule is CCC(C)(C)NC(=O)COC(=O)c1ccccc1[N+](=O)[O-]. The lowest BCUT2D eigenvalue weighted by atomic mass is 10.0. The van der Waals surface area contributed by atoms with Crippen molar-refractivity contribution in [3.63, 3.8) is 0 Å². The highest BCUT2D eigenvalue weighted by molar-refractivity contribution is 5.95. The Morgan fingerprint density at radius 3 is 2.52 bits per heavy atom.